The van der Waals surface area contributed by atoms with Crippen LogP contribution in [0.3, 0.4) is 0 Å². The van der Waals surface area contributed by atoms with Gasteiger partial charge in [0.25, 0.3) is 5.56 Å². The minimum absolute atomic E-state index is 0.121. The zero-order chi connectivity index (χ0) is 16.2. The number of nitrogens with one attached hydrogen (secondary N) is 2. The van der Waals surface area contributed by atoms with E-state index in [1.165, 1.54) is 6.07 Å². The highest BCUT2D eigenvalue weighted by atomic mass is 32.2. The van der Waals surface area contributed by atoms with E-state index in [2.05, 4.69) is 15.3 Å². The Kier molecular flexibility index (Phi) is 4.29. The average Bonchev–Trinajstić information content (AvgIpc) is 2.52. The molecule has 0 saturated carbocycles. The molecule has 0 spiro atoms. The second-order valence-corrected chi connectivity index (χ2v) is 5.80. The predicted molar refractivity (Wildman–Crippen MR) is 92.6 cm³/mol. The molecule has 1 heterocycles. The maximum absolute atomic E-state index is 12.1. The molecule has 6 nitrogen and oxygen atoms in total. The van der Waals surface area contributed by atoms with Gasteiger partial charge in [-0.3, -0.25) is 9.59 Å². The summed E-state index contributed by atoms with van der Waals surface area (Å²) in [5, 5.41) is 5.23. The van der Waals surface area contributed by atoms with Gasteiger partial charge in [0.05, 0.1) is 5.75 Å². The summed E-state index contributed by atoms with van der Waals surface area (Å²) in [7, 11) is 0. The molecule has 7 heteroatoms. The number of carbonyl (C=O) groups is 1. The van der Waals surface area contributed by atoms with Crippen molar-refractivity contribution in [1.29, 1.82) is 0 Å². The first-order valence-corrected chi connectivity index (χ1v) is 7.87. The molecule has 0 aliphatic rings. The van der Waals surface area contributed by atoms with Crippen molar-refractivity contribution in [2.75, 3.05) is 16.8 Å². The van der Waals surface area contributed by atoms with Gasteiger partial charge in [-0.1, -0.05) is 48.2 Å². The fourth-order valence-corrected chi connectivity index (χ4v) is 2.86. The summed E-state index contributed by atoms with van der Waals surface area (Å²) in [6.45, 7) is 0. The first-order valence-electron chi connectivity index (χ1n) is 6.89. The highest BCUT2D eigenvalue weighted by molar-refractivity contribution is 7.99. The third-order valence-corrected chi connectivity index (χ3v) is 4.02. The zero-order valence-corrected chi connectivity index (χ0v) is 12.9. The topological polar surface area (TPSA) is 101 Å². The SMILES string of the molecule is Nc1cc(=O)[nH]c(SCC(=O)Nc2cccc3ccccc23)n1. The molecule has 0 bridgehead atoms. The largest absolute Gasteiger partial charge is 0.383 e. The number of thioether (sulfide) groups is 1. The second kappa shape index (κ2) is 6.53. The number of amides is 1. The van der Waals surface area contributed by atoms with Crippen LogP contribution in [0.4, 0.5) is 11.5 Å². The molecule has 2 aromatic carbocycles. The number of hydrogen-bond donors (Lipinski definition) is 3. The first-order chi connectivity index (χ1) is 11.1. The Morgan fingerprint density at radius 2 is 2.00 bits per heavy atom. The van der Waals surface area contributed by atoms with E-state index < -0.39 is 0 Å². The minimum atomic E-state index is -0.338. The number of rotatable bonds is 4. The number of aromatic nitrogens is 2. The maximum Gasteiger partial charge on any atom is 0.253 e. The van der Waals surface area contributed by atoms with E-state index in [-0.39, 0.29) is 23.0 Å². The van der Waals surface area contributed by atoms with Gasteiger partial charge in [-0.2, -0.15) is 0 Å². The Labute approximate surface area is 136 Å². The molecule has 0 fully saturated rings. The molecule has 4 N–H and O–H groups in total. The summed E-state index contributed by atoms with van der Waals surface area (Å²) >= 11 is 1.12. The molecule has 0 saturated heterocycles. The summed E-state index contributed by atoms with van der Waals surface area (Å²) in [6.07, 6.45) is 0. The van der Waals surface area contributed by atoms with E-state index in [4.69, 9.17) is 5.73 Å². The van der Waals surface area contributed by atoms with Crippen molar-refractivity contribution in [3.63, 3.8) is 0 Å². The summed E-state index contributed by atoms with van der Waals surface area (Å²) in [5.74, 6) is 0.0671. The average molecular weight is 326 g/mol. The molecular weight excluding hydrogens is 312 g/mol. The predicted octanol–water partition coefficient (Wildman–Crippen LogP) is 2.24. The molecule has 0 radical (unpaired) electrons. The van der Waals surface area contributed by atoms with E-state index in [0.717, 1.165) is 28.2 Å². The lowest BCUT2D eigenvalue weighted by atomic mass is 10.1. The number of anilines is 2. The number of nitrogen functional groups attached to an aromatic ring is 1. The Morgan fingerprint density at radius 3 is 2.83 bits per heavy atom. The molecular formula is C16H14N4O2S. The van der Waals surface area contributed by atoms with E-state index >= 15 is 0 Å². The van der Waals surface area contributed by atoms with E-state index in [0.29, 0.717) is 5.16 Å². The van der Waals surface area contributed by atoms with Crippen LogP contribution in [0.25, 0.3) is 10.8 Å². The quantitative estimate of drug-likeness (QED) is 0.504. The van der Waals surface area contributed by atoms with Crippen LogP contribution in [-0.4, -0.2) is 21.6 Å². The Morgan fingerprint density at radius 1 is 1.22 bits per heavy atom. The standard InChI is InChI=1S/C16H14N4O2S/c17-13-8-14(21)20-16(19-13)23-9-15(22)18-12-7-3-5-10-4-1-2-6-11(10)12/h1-8H,9H2,(H,18,22)(H3,17,19,20,21). The first kappa shape index (κ1) is 15.1. The Hall–Kier alpha value is -2.80. The molecule has 0 aliphatic carbocycles. The van der Waals surface area contributed by atoms with Crippen molar-refractivity contribution in [2.45, 2.75) is 5.16 Å². The number of fused-ring (bicyclic) bond motifs is 1. The molecule has 0 aliphatic heterocycles. The third-order valence-electron chi connectivity index (χ3n) is 3.14. The van der Waals surface area contributed by atoms with Crippen molar-refractivity contribution in [2.24, 2.45) is 0 Å². The van der Waals surface area contributed by atoms with Gasteiger partial charge >= 0.3 is 0 Å². The van der Waals surface area contributed by atoms with Crippen LogP contribution in [0.2, 0.25) is 0 Å². The highest BCUT2D eigenvalue weighted by Gasteiger charge is 2.08. The van der Waals surface area contributed by atoms with Gasteiger partial charge < -0.3 is 16.0 Å². The number of H-pyrrole nitrogens is 1. The lowest BCUT2D eigenvalue weighted by Gasteiger charge is -2.08. The van der Waals surface area contributed by atoms with Gasteiger partial charge in [-0.25, -0.2) is 4.98 Å². The molecule has 3 rings (SSSR count). The second-order valence-electron chi connectivity index (χ2n) is 4.84. The Balaban J connectivity index is 1.70. The molecule has 3 aromatic rings. The third kappa shape index (κ3) is 3.70. The van der Waals surface area contributed by atoms with Gasteiger partial charge in [0.2, 0.25) is 5.91 Å². The van der Waals surface area contributed by atoms with Gasteiger partial charge in [0, 0.05) is 17.1 Å². The fraction of sp³-hybridized carbons (Fsp3) is 0.0625. The number of aromatic amines is 1. The number of nitrogens with two attached hydrogens (primary N) is 1. The monoisotopic (exact) mass is 326 g/mol. The Bertz CT molecular complexity index is 918. The molecule has 1 amide bonds. The highest BCUT2D eigenvalue weighted by Crippen LogP contribution is 2.23. The molecule has 0 atom stereocenters. The van der Waals surface area contributed by atoms with Crippen LogP contribution < -0.4 is 16.6 Å². The van der Waals surface area contributed by atoms with Crippen molar-refractivity contribution in [3.8, 4) is 0 Å². The minimum Gasteiger partial charge on any atom is -0.383 e. The smallest absolute Gasteiger partial charge is 0.253 e. The normalized spacial score (nSPS) is 10.6. The summed E-state index contributed by atoms with van der Waals surface area (Å²) < 4.78 is 0. The number of benzene rings is 2. The summed E-state index contributed by atoms with van der Waals surface area (Å²) in [4.78, 5) is 29.9. The van der Waals surface area contributed by atoms with Crippen molar-refractivity contribution in [3.05, 3.63) is 58.9 Å². The zero-order valence-electron chi connectivity index (χ0n) is 12.1. The molecule has 0 unspecified atom stereocenters. The van der Waals surface area contributed by atoms with Crippen LogP contribution in [0.5, 0.6) is 0 Å². The van der Waals surface area contributed by atoms with Gasteiger partial charge in [0.15, 0.2) is 5.16 Å². The summed E-state index contributed by atoms with van der Waals surface area (Å²) in [5.41, 5.74) is 5.92. The number of nitrogens with zero attached hydrogens (tertiary/aromatic N) is 1. The van der Waals surface area contributed by atoms with E-state index in [9.17, 15) is 9.59 Å². The lowest BCUT2D eigenvalue weighted by Crippen LogP contribution is -2.16. The lowest BCUT2D eigenvalue weighted by molar-refractivity contribution is -0.113. The molecule has 1 aromatic heterocycles. The molecule has 23 heavy (non-hydrogen) atoms. The van der Waals surface area contributed by atoms with E-state index in [1.54, 1.807) is 0 Å². The van der Waals surface area contributed by atoms with Crippen molar-refractivity contribution in [1.82, 2.24) is 9.97 Å². The van der Waals surface area contributed by atoms with Crippen molar-refractivity contribution >= 4 is 39.9 Å². The van der Waals surface area contributed by atoms with Crippen molar-refractivity contribution < 1.29 is 4.79 Å². The van der Waals surface area contributed by atoms with Crippen LogP contribution >= 0.6 is 11.8 Å². The van der Waals surface area contributed by atoms with Crippen LogP contribution in [0.15, 0.2) is 58.5 Å². The number of hydrogen-bond acceptors (Lipinski definition) is 5. The summed E-state index contributed by atoms with van der Waals surface area (Å²) in [6, 6.07) is 14.7. The van der Waals surface area contributed by atoms with Gasteiger partial charge in [-0.05, 0) is 11.5 Å². The molecule has 116 valence electrons. The van der Waals surface area contributed by atoms with Gasteiger partial charge in [-0.15, -0.1) is 0 Å². The van der Waals surface area contributed by atoms with E-state index in [1.807, 2.05) is 42.5 Å². The van der Waals surface area contributed by atoms with Crippen LogP contribution in [-0.2, 0) is 4.79 Å². The fourth-order valence-electron chi connectivity index (χ4n) is 2.18. The van der Waals surface area contributed by atoms with Crippen LogP contribution in [0.1, 0.15) is 0 Å². The van der Waals surface area contributed by atoms with Crippen LogP contribution in [0, 0.1) is 0 Å². The van der Waals surface area contributed by atoms with Gasteiger partial charge in [0.1, 0.15) is 5.82 Å². The number of carbonyl (C=O) groups excluding carboxylic acids is 1. The maximum atomic E-state index is 12.1.